The van der Waals surface area contributed by atoms with Gasteiger partial charge in [-0.05, 0) is 11.1 Å². The number of nitrogens with zero attached hydrogens (tertiary/aromatic N) is 2. The zero-order chi connectivity index (χ0) is 17.9. The lowest BCUT2D eigenvalue weighted by atomic mass is 9.83. The van der Waals surface area contributed by atoms with Crippen molar-refractivity contribution in [1.29, 1.82) is 10.5 Å². The van der Waals surface area contributed by atoms with Gasteiger partial charge in [0.25, 0.3) is 0 Å². The number of nitriles is 2. The highest BCUT2D eigenvalue weighted by Gasteiger charge is 2.21. The molecule has 0 radical (unpaired) electrons. The van der Waals surface area contributed by atoms with Gasteiger partial charge in [-0.25, -0.2) is 0 Å². The lowest BCUT2D eigenvalue weighted by molar-refractivity contribution is 1.47. The summed E-state index contributed by atoms with van der Waals surface area (Å²) in [6, 6.07) is 32.1. The number of hydrogen-bond acceptors (Lipinski definition) is 2. The third-order valence-corrected chi connectivity index (χ3v) is 4.56. The van der Waals surface area contributed by atoms with Crippen molar-refractivity contribution >= 4 is 10.8 Å². The maximum absolute atomic E-state index is 9.98. The Morgan fingerprint density at radius 3 is 1.15 bits per heavy atom. The fraction of sp³-hybridized carbons (Fsp3) is 0. The van der Waals surface area contributed by atoms with E-state index in [-0.39, 0.29) is 0 Å². The molecule has 0 aliphatic carbocycles. The zero-order valence-corrected chi connectivity index (χ0v) is 14.0. The van der Waals surface area contributed by atoms with Gasteiger partial charge in [-0.2, -0.15) is 10.5 Å². The molecule has 0 unspecified atom stereocenters. The van der Waals surface area contributed by atoms with Gasteiger partial charge in [0.15, 0.2) is 0 Å². The highest BCUT2D eigenvalue weighted by Crippen LogP contribution is 2.42. The van der Waals surface area contributed by atoms with E-state index < -0.39 is 0 Å². The van der Waals surface area contributed by atoms with Gasteiger partial charge in [-0.1, -0.05) is 84.9 Å². The van der Waals surface area contributed by atoms with Gasteiger partial charge in [0.2, 0.25) is 0 Å². The van der Waals surface area contributed by atoms with Crippen LogP contribution in [-0.2, 0) is 0 Å². The summed E-state index contributed by atoms with van der Waals surface area (Å²) < 4.78 is 0. The van der Waals surface area contributed by atoms with Crippen LogP contribution in [0.1, 0.15) is 11.1 Å². The van der Waals surface area contributed by atoms with E-state index in [1.807, 2.05) is 84.9 Å². The standard InChI is InChI=1S/C24H14N2/c25-15-21-19-13-7-8-14-20(19)22(16-26)24(18-11-5-2-6-12-18)23(21)17-9-3-1-4-10-17/h1-14H. The Hall–Kier alpha value is -3.88. The first kappa shape index (κ1) is 15.6. The predicted octanol–water partition coefficient (Wildman–Crippen LogP) is 5.92. The summed E-state index contributed by atoms with van der Waals surface area (Å²) in [5.74, 6) is 0. The SMILES string of the molecule is N#Cc1c(-c2ccccc2)c(-c2ccccc2)c(C#N)c2ccccc12. The monoisotopic (exact) mass is 330 g/mol. The van der Waals surface area contributed by atoms with Crippen molar-refractivity contribution in [2.75, 3.05) is 0 Å². The van der Waals surface area contributed by atoms with E-state index in [2.05, 4.69) is 12.1 Å². The van der Waals surface area contributed by atoms with Gasteiger partial charge in [0.1, 0.15) is 12.1 Å². The summed E-state index contributed by atoms with van der Waals surface area (Å²) in [6.45, 7) is 0. The molecule has 0 fully saturated rings. The molecule has 4 aromatic carbocycles. The van der Waals surface area contributed by atoms with Crippen LogP contribution in [0.3, 0.4) is 0 Å². The first-order chi connectivity index (χ1) is 12.8. The second-order valence-corrected chi connectivity index (χ2v) is 6.00. The normalized spacial score (nSPS) is 10.2. The second kappa shape index (κ2) is 6.55. The Morgan fingerprint density at radius 1 is 0.462 bits per heavy atom. The molecule has 0 atom stereocenters. The maximum atomic E-state index is 9.98. The Morgan fingerprint density at radius 2 is 0.808 bits per heavy atom. The van der Waals surface area contributed by atoms with Crippen molar-refractivity contribution in [1.82, 2.24) is 0 Å². The summed E-state index contributed by atoms with van der Waals surface area (Å²) in [7, 11) is 0. The van der Waals surface area contributed by atoms with Crippen molar-refractivity contribution in [2.45, 2.75) is 0 Å². The molecule has 0 spiro atoms. The van der Waals surface area contributed by atoms with Crippen molar-refractivity contribution in [3.63, 3.8) is 0 Å². The fourth-order valence-electron chi connectivity index (χ4n) is 3.46. The Kier molecular flexibility index (Phi) is 3.94. The number of hydrogen-bond donors (Lipinski definition) is 0. The lowest BCUT2D eigenvalue weighted by Crippen LogP contribution is -1.97. The molecule has 2 nitrogen and oxygen atoms in total. The molecule has 0 amide bonds. The third-order valence-electron chi connectivity index (χ3n) is 4.56. The van der Waals surface area contributed by atoms with Crippen LogP contribution < -0.4 is 0 Å². The average molecular weight is 330 g/mol. The van der Waals surface area contributed by atoms with Crippen LogP contribution in [0, 0.1) is 22.7 Å². The molecule has 0 N–H and O–H groups in total. The van der Waals surface area contributed by atoms with E-state index >= 15 is 0 Å². The van der Waals surface area contributed by atoms with Gasteiger partial charge in [0.05, 0.1) is 11.1 Å². The van der Waals surface area contributed by atoms with Gasteiger partial charge >= 0.3 is 0 Å². The van der Waals surface area contributed by atoms with Gasteiger partial charge < -0.3 is 0 Å². The van der Waals surface area contributed by atoms with E-state index in [4.69, 9.17) is 0 Å². The number of benzene rings is 4. The van der Waals surface area contributed by atoms with Crippen LogP contribution >= 0.6 is 0 Å². The molecule has 0 heterocycles. The molecule has 120 valence electrons. The average Bonchev–Trinajstić information content (AvgIpc) is 2.73. The van der Waals surface area contributed by atoms with E-state index in [0.29, 0.717) is 11.1 Å². The van der Waals surface area contributed by atoms with E-state index in [9.17, 15) is 10.5 Å². The molecule has 4 rings (SSSR count). The maximum Gasteiger partial charge on any atom is 0.100 e. The molecule has 0 saturated carbocycles. The second-order valence-electron chi connectivity index (χ2n) is 6.00. The summed E-state index contributed by atoms with van der Waals surface area (Å²) in [5.41, 5.74) is 4.70. The number of fused-ring (bicyclic) bond motifs is 1. The molecule has 0 aliphatic heterocycles. The first-order valence-electron chi connectivity index (χ1n) is 8.35. The van der Waals surface area contributed by atoms with E-state index in [1.165, 1.54) is 0 Å². The van der Waals surface area contributed by atoms with Crippen LogP contribution in [0.5, 0.6) is 0 Å². The van der Waals surface area contributed by atoms with Gasteiger partial charge in [0, 0.05) is 21.9 Å². The molecular formula is C24H14N2. The highest BCUT2D eigenvalue weighted by atomic mass is 14.3. The van der Waals surface area contributed by atoms with Crippen LogP contribution in [-0.4, -0.2) is 0 Å². The minimum absolute atomic E-state index is 0.602. The van der Waals surface area contributed by atoms with Crippen LogP contribution in [0.4, 0.5) is 0 Å². The summed E-state index contributed by atoms with van der Waals surface area (Å²) in [4.78, 5) is 0. The molecule has 0 aliphatic rings. The van der Waals surface area contributed by atoms with Gasteiger partial charge in [-0.3, -0.25) is 0 Å². The van der Waals surface area contributed by atoms with Crippen molar-refractivity contribution in [3.8, 4) is 34.4 Å². The molecule has 0 aromatic heterocycles. The smallest absolute Gasteiger partial charge is 0.100 e. The summed E-state index contributed by atoms with van der Waals surface area (Å²) in [6.07, 6.45) is 0. The van der Waals surface area contributed by atoms with Crippen LogP contribution in [0.25, 0.3) is 33.0 Å². The quantitative estimate of drug-likeness (QED) is 0.458. The Balaban J connectivity index is 2.27. The molecule has 0 bridgehead atoms. The minimum atomic E-state index is 0.602. The van der Waals surface area contributed by atoms with E-state index in [0.717, 1.165) is 33.0 Å². The zero-order valence-electron chi connectivity index (χ0n) is 14.0. The molecule has 4 aromatic rings. The number of rotatable bonds is 2. The molecule has 26 heavy (non-hydrogen) atoms. The van der Waals surface area contributed by atoms with Crippen LogP contribution in [0.2, 0.25) is 0 Å². The topological polar surface area (TPSA) is 47.6 Å². The predicted molar refractivity (Wildman–Crippen MR) is 104 cm³/mol. The highest BCUT2D eigenvalue weighted by molar-refractivity contribution is 6.06. The first-order valence-corrected chi connectivity index (χ1v) is 8.35. The van der Waals surface area contributed by atoms with Crippen LogP contribution in [0.15, 0.2) is 84.9 Å². The van der Waals surface area contributed by atoms with Crippen molar-refractivity contribution in [2.24, 2.45) is 0 Å². The van der Waals surface area contributed by atoms with Crippen molar-refractivity contribution < 1.29 is 0 Å². The lowest BCUT2D eigenvalue weighted by Gasteiger charge is -2.17. The third kappa shape index (κ3) is 2.42. The van der Waals surface area contributed by atoms with Crippen molar-refractivity contribution in [3.05, 3.63) is 96.1 Å². The van der Waals surface area contributed by atoms with Gasteiger partial charge in [-0.15, -0.1) is 0 Å². The Bertz CT molecular complexity index is 1080. The largest absolute Gasteiger partial charge is 0.192 e. The minimum Gasteiger partial charge on any atom is -0.192 e. The summed E-state index contributed by atoms with van der Waals surface area (Å²) >= 11 is 0. The molecular weight excluding hydrogens is 316 g/mol. The summed E-state index contributed by atoms with van der Waals surface area (Å²) in [5, 5.41) is 21.6. The molecule has 2 heteroatoms. The van der Waals surface area contributed by atoms with E-state index in [1.54, 1.807) is 0 Å². The molecule has 0 saturated heterocycles. The fourth-order valence-corrected chi connectivity index (χ4v) is 3.46. The Labute approximate surface area is 152 Å².